The SMILES string of the molecule is CCCN1C(NCCCCN(C)C)CC(C)=NC1NC(=O)Nc1ccc(Cl)c(Cl)c1. The molecule has 2 rings (SSSR count). The van der Waals surface area contributed by atoms with E-state index in [4.69, 9.17) is 28.2 Å². The van der Waals surface area contributed by atoms with Crippen LogP contribution >= 0.6 is 23.2 Å². The van der Waals surface area contributed by atoms with Crippen LogP contribution in [-0.2, 0) is 0 Å². The number of unbranched alkanes of at least 4 members (excludes halogenated alkanes) is 1. The van der Waals surface area contributed by atoms with Crippen molar-refractivity contribution >= 4 is 40.6 Å². The highest BCUT2D eigenvalue weighted by atomic mass is 35.5. The molecule has 0 saturated carbocycles. The second-order valence-corrected chi connectivity index (χ2v) is 8.70. The van der Waals surface area contributed by atoms with E-state index in [0.717, 1.165) is 51.0 Å². The fourth-order valence-corrected chi connectivity index (χ4v) is 3.72. The lowest BCUT2D eigenvalue weighted by atomic mass is 10.1. The van der Waals surface area contributed by atoms with Gasteiger partial charge in [-0.3, -0.25) is 4.99 Å². The van der Waals surface area contributed by atoms with E-state index in [9.17, 15) is 4.79 Å². The van der Waals surface area contributed by atoms with E-state index in [1.54, 1.807) is 18.2 Å². The highest BCUT2D eigenvalue weighted by Gasteiger charge is 2.30. The number of hydrogen-bond donors (Lipinski definition) is 3. The fourth-order valence-electron chi connectivity index (χ4n) is 3.42. The molecule has 2 atom stereocenters. The zero-order valence-electron chi connectivity index (χ0n) is 18.3. The lowest BCUT2D eigenvalue weighted by Gasteiger charge is -2.40. The first kappa shape index (κ1) is 24.9. The summed E-state index contributed by atoms with van der Waals surface area (Å²) in [4.78, 5) is 21.7. The quantitative estimate of drug-likeness (QED) is 0.460. The van der Waals surface area contributed by atoms with Gasteiger partial charge in [0.25, 0.3) is 0 Å². The van der Waals surface area contributed by atoms with Crippen LogP contribution in [0.3, 0.4) is 0 Å². The Bertz CT molecular complexity index is 727. The summed E-state index contributed by atoms with van der Waals surface area (Å²) in [6.07, 6.45) is 3.82. The third-order valence-electron chi connectivity index (χ3n) is 4.88. The van der Waals surface area contributed by atoms with Crippen LogP contribution in [0.25, 0.3) is 0 Å². The molecule has 1 aliphatic heterocycles. The number of anilines is 1. The lowest BCUT2D eigenvalue weighted by molar-refractivity contribution is 0.0915. The van der Waals surface area contributed by atoms with Crippen molar-refractivity contribution in [2.45, 2.75) is 52.0 Å². The van der Waals surface area contributed by atoms with Crippen LogP contribution in [0.1, 0.15) is 39.5 Å². The fraction of sp³-hybridized carbons (Fsp3) is 0.619. The summed E-state index contributed by atoms with van der Waals surface area (Å²) < 4.78 is 0. The van der Waals surface area contributed by atoms with Crippen LogP contribution in [0, 0.1) is 0 Å². The summed E-state index contributed by atoms with van der Waals surface area (Å²) in [5, 5.41) is 10.3. The maximum Gasteiger partial charge on any atom is 0.321 e. The predicted octanol–water partition coefficient (Wildman–Crippen LogP) is 4.23. The lowest BCUT2D eigenvalue weighted by Crippen LogP contribution is -2.60. The largest absolute Gasteiger partial charge is 0.321 e. The number of benzene rings is 1. The third-order valence-corrected chi connectivity index (χ3v) is 5.62. The summed E-state index contributed by atoms with van der Waals surface area (Å²) in [5.41, 5.74) is 1.60. The molecule has 0 aromatic heterocycles. The molecule has 0 radical (unpaired) electrons. The van der Waals surface area contributed by atoms with Gasteiger partial charge in [0.15, 0.2) is 6.29 Å². The Kier molecular flexibility index (Phi) is 10.3. The van der Waals surface area contributed by atoms with Crippen molar-refractivity contribution in [1.82, 2.24) is 20.4 Å². The zero-order valence-corrected chi connectivity index (χ0v) is 19.9. The molecule has 3 N–H and O–H groups in total. The van der Waals surface area contributed by atoms with E-state index in [-0.39, 0.29) is 12.2 Å². The predicted molar refractivity (Wildman–Crippen MR) is 127 cm³/mol. The standard InChI is InChI=1S/C21H34Cl2N6O/c1-5-11-29-19(24-10-6-7-12-28(3)4)13-15(2)25-20(29)27-21(30)26-16-8-9-17(22)18(23)14-16/h8-9,14,19-20,24H,5-7,10-13H2,1-4H3,(H2,26,27,30). The normalized spacial score (nSPS) is 19.6. The Hall–Kier alpha value is -1.38. The van der Waals surface area contributed by atoms with Gasteiger partial charge in [-0.05, 0) is 71.6 Å². The van der Waals surface area contributed by atoms with Crippen molar-refractivity contribution < 1.29 is 4.79 Å². The Morgan fingerprint density at radius 1 is 1.27 bits per heavy atom. The Labute approximate surface area is 190 Å². The van der Waals surface area contributed by atoms with Gasteiger partial charge in [0, 0.05) is 24.4 Å². The number of nitrogens with one attached hydrogen (secondary N) is 3. The zero-order chi connectivity index (χ0) is 22.1. The number of nitrogens with zero attached hydrogens (tertiary/aromatic N) is 3. The van der Waals surface area contributed by atoms with E-state index in [0.29, 0.717) is 15.7 Å². The molecule has 1 aromatic rings. The van der Waals surface area contributed by atoms with Crippen molar-refractivity contribution in [2.75, 3.05) is 39.0 Å². The minimum absolute atomic E-state index is 0.150. The molecule has 0 aliphatic carbocycles. The molecular formula is C21H34Cl2N6O. The van der Waals surface area contributed by atoms with Crippen LogP contribution in [0.4, 0.5) is 10.5 Å². The highest BCUT2D eigenvalue weighted by molar-refractivity contribution is 6.42. The van der Waals surface area contributed by atoms with Crippen molar-refractivity contribution in [3.05, 3.63) is 28.2 Å². The molecule has 0 saturated heterocycles. The van der Waals surface area contributed by atoms with Gasteiger partial charge in [-0.25, -0.2) is 9.69 Å². The molecule has 0 spiro atoms. The summed E-state index contributed by atoms with van der Waals surface area (Å²) in [7, 11) is 4.19. The number of urea groups is 1. The summed E-state index contributed by atoms with van der Waals surface area (Å²) in [6.45, 7) is 7.00. The maximum atomic E-state index is 12.6. The van der Waals surface area contributed by atoms with E-state index in [1.807, 2.05) is 6.92 Å². The number of amides is 2. The third kappa shape index (κ3) is 8.04. The second kappa shape index (κ2) is 12.5. The van der Waals surface area contributed by atoms with Gasteiger partial charge in [0.05, 0.1) is 16.2 Å². The maximum absolute atomic E-state index is 12.6. The van der Waals surface area contributed by atoms with E-state index in [2.05, 4.69) is 46.8 Å². The van der Waals surface area contributed by atoms with Gasteiger partial charge in [0.2, 0.25) is 0 Å². The molecule has 0 bridgehead atoms. The molecule has 2 amide bonds. The Balaban J connectivity index is 1.97. The van der Waals surface area contributed by atoms with Crippen LogP contribution in [0.15, 0.2) is 23.2 Å². The Morgan fingerprint density at radius 2 is 2.03 bits per heavy atom. The number of halogens is 2. The molecular weight excluding hydrogens is 423 g/mol. The summed E-state index contributed by atoms with van der Waals surface area (Å²) in [6, 6.07) is 4.66. The van der Waals surface area contributed by atoms with Crippen molar-refractivity contribution in [3.8, 4) is 0 Å². The van der Waals surface area contributed by atoms with Gasteiger partial charge < -0.3 is 20.9 Å². The topological polar surface area (TPSA) is 72.0 Å². The van der Waals surface area contributed by atoms with Crippen LogP contribution in [-0.4, -0.2) is 67.7 Å². The molecule has 0 fully saturated rings. The molecule has 1 aromatic carbocycles. The highest BCUT2D eigenvalue weighted by Crippen LogP contribution is 2.25. The first-order chi connectivity index (χ1) is 14.3. The van der Waals surface area contributed by atoms with Gasteiger partial charge in [-0.2, -0.15) is 0 Å². The molecule has 168 valence electrons. The minimum Gasteiger partial charge on any atom is -0.309 e. The number of carbonyl (C=O) groups is 1. The monoisotopic (exact) mass is 456 g/mol. The van der Waals surface area contributed by atoms with E-state index < -0.39 is 6.29 Å². The summed E-state index contributed by atoms with van der Waals surface area (Å²) >= 11 is 12.0. The number of aliphatic imine (C=N–C) groups is 1. The number of rotatable bonds is 10. The molecule has 30 heavy (non-hydrogen) atoms. The van der Waals surface area contributed by atoms with Crippen LogP contribution in [0.5, 0.6) is 0 Å². The van der Waals surface area contributed by atoms with Crippen LogP contribution < -0.4 is 16.0 Å². The summed E-state index contributed by atoms with van der Waals surface area (Å²) in [5.74, 6) is 0. The Morgan fingerprint density at radius 3 is 2.70 bits per heavy atom. The first-order valence-corrected chi connectivity index (χ1v) is 11.3. The first-order valence-electron chi connectivity index (χ1n) is 10.5. The molecule has 7 nitrogen and oxygen atoms in total. The van der Waals surface area contributed by atoms with Crippen molar-refractivity contribution in [3.63, 3.8) is 0 Å². The molecule has 2 unspecified atom stereocenters. The molecule has 1 heterocycles. The van der Waals surface area contributed by atoms with E-state index in [1.165, 1.54) is 0 Å². The molecule has 9 heteroatoms. The van der Waals surface area contributed by atoms with E-state index >= 15 is 0 Å². The smallest absolute Gasteiger partial charge is 0.309 e. The second-order valence-electron chi connectivity index (χ2n) is 7.89. The van der Waals surface area contributed by atoms with Gasteiger partial charge >= 0.3 is 6.03 Å². The minimum atomic E-state index is -0.416. The average Bonchev–Trinajstić information content (AvgIpc) is 2.66. The number of carbonyl (C=O) groups excluding carboxylic acids is 1. The van der Waals surface area contributed by atoms with Gasteiger partial charge in [-0.1, -0.05) is 30.1 Å². The van der Waals surface area contributed by atoms with Crippen molar-refractivity contribution in [2.24, 2.45) is 4.99 Å². The van der Waals surface area contributed by atoms with Gasteiger partial charge in [-0.15, -0.1) is 0 Å². The van der Waals surface area contributed by atoms with Crippen LogP contribution in [0.2, 0.25) is 10.0 Å². The average molecular weight is 457 g/mol. The van der Waals surface area contributed by atoms with Gasteiger partial charge in [0.1, 0.15) is 0 Å². The molecule has 1 aliphatic rings. The van der Waals surface area contributed by atoms with Crippen molar-refractivity contribution in [1.29, 1.82) is 0 Å². The number of hydrogen-bond acceptors (Lipinski definition) is 5.